The third-order valence-electron chi connectivity index (χ3n) is 12.7. The minimum absolute atomic E-state index is 0.0138. The van der Waals surface area contributed by atoms with Crippen molar-refractivity contribution in [3.05, 3.63) is 23.8 Å². The third kappa shape index (κ3) is 7.91. The molecule has 8 nitrogen and oxygen atoms in total. The van der Waals surface area contributed by atoms with Crippen molar-refractivity contribution in [3.63, 3.8) is 0 Å². The Hall–Kier alpha value is -2.61. The first-order valence-corrected chi connectivity index (χ1v) is 18.0. The molecule has 4 saturated carbocycles. The number of carboxylic acid groups (broad SMARTS) is 2. The van der Waals surface area contributed by atoms with E-state index in [4.69, 9.17) is 19.7 Å². The van der Waals surface area contributed by atoms with Crippen LogP contribution in [0.5, 0.6) is 11.5 Å². The van der Waals surface area contributed by atoms with Crippen LogP contribution in [0.2, 0.25) is 0 Å². The van der Waals surface area contributed by atoms with Gasteiger partial charge >= 0.3 is 11.9 Å². The maximum atomic E-state index is 12.6. The normalized spacial score (nSPS) is 33.5. The minimum Gasteiger partial charge on any atom is -0.493 e. The maximum Gasteiger partial charge on any atom is 0.303 e. The van der Waals surface area contributed by atoms with Gasteiger partial charge < -0.3 is 24.8 Å². The first-order chi connectivity index (χ1) is 22.0. The molecule has 0 unspecified atom stereocenters. The average molecular weight is 641 g/mol. The third-order valence-corrected chi connectivity index (χ3v) is 12.7. The highest BCUT2D eigenvalue weighted by Gasteiger charge is 2.62. The number of carbonyl (C=O) groups is 3. The molecule has 4 aliphatic rings. The highest BCUT2D eigenvalue weighted by molar-refractivity contribution is 5.79. The molecule has 0 aliphatic heterocycles. The molecule has 0 bridgehead atoms. The molecule has 4 aliphatic carbocycles. The lowest BCUT2D eigenvalue weighted by molar-refractivity contribution is -0.156. The van der Waals surface area contributed by atoms with E-state index < -0.39 is 11.9 Å². The molecule has 0 heterocycles. The molecular weight excluding hydrogens is 584 g/mol. The van der Waals surface area contributed by atoms with Crippen molar-refractivity contribution in [3.8, 4) is 11.5 Å². The molecule has 0 radical (unpaired) electrons. The van der Waals surface area contributed by atoms with Crippen LogP contribution in [0.15, 0.2) is 18.2 Å². The van der Waals surface area contributed by atoms with Gasteiger partial charge in [0.25, 0.3) is 0 Å². The van der Waals surface area contributed by atoms with Gasteiger partial charge in [-0.2, -0.15) is 0 Å². The van der Waals surface area contributed by atoms with Gasteiger partial charge in [0.2, 0.25) is 0 Å². The lowest BCUT2D eigenvalue weighted by Crippen LogP contribution is -2.57. The Kier molecular flexibility index (Phi) is 11.4. The maximum absolute atomic E-state index is 12.6. The van der Waals surface area contributed by atoms with Crippen molar-refractivity contribution < 1.29 is 39.2 Å². The molecule has 46 heavy (non-hydrogen) atoms. The minimum atomic E-state index is -0.799. The zero-order valence-corrected chi connectivity index (χ0v) is 28.0. The fourth-order valence-corrected chi connectivity index (χ4v) is 10.1. The SMILES string of the molecule is C[C@]12CCC(=O)C[C@@H]1C[C@@H](CCCc1cc(OCCCCC(=O)O)cc(OCCCCC(=O)O)c1)[C@@H]1[C@@H]2CC[C@]2(C)[C@@H](O)CC[C@@H]12. The first kappa shape index (κ1) is 34.7. The van der Waals surface area contributed by atoms with E-state index in [0.29, 0.717) is 85.8 Å². The summed E-state index contributed by atoms with van der Waals surface area (Å²) in [4.78, 5) is 34.4. The molecule has 0 aromatic heterocycles. The smallest absolute Gasteiger partial charge is 0.303 e. The van der Waals surface area contributed by atoms with Crippen LogP contribution in [0.3, 0.4) is 0 Å². The van der Waals surface area contributed by atoms with Crippen LogP contribution in [0.25, 0.3) is 0 Å². The van der Waals surface area contributed by atoms with Gasteiger partial charge in [-0.15, -0.1) is 0 Å². The van der Waals surface area contributed by atoms with Gasteiger partial charge in [-0.1, -0.05) is 13.8 Å². The topological polar surface area (TPSA) is 130 Å². The van der Waals surface area contributed by atoms with Crippen molar-refractivity contribution in [2.75, 3.05) is 13.2 Å². The van der Waals surface area contributed by atoms with E-state index in [1.165, 1.54) is 6.42 Å². The number of aliphatic hydroxyl groups is 1. The van der Waals surface area contributed by atoms with E-state index in [1.54, 1.807) is 0 Å². The van der Waals surface area contributed by atoms with Crippen LogP contribution in [0.4, 0.5) is 0 Å². The zero-order chi connectivity index (χ0) is 32.9. The standard InChI is InChI=1S/C38H56O8/c1-37-16-14-28(39)23-27(37)22-26(36-31-12-13-33(40)38(31,2)17-15-32(36)37)9-7-8-25-20-29(45-18-5-3-10-34(41)42)24-30(21-25)46-19-6-4-11-35(43)44/h20-21,24,26-27,31-33,36,40H,3-19,22-23H2,1-2H3,(H,41,42)(H,43,44)/t26-,27+,31+,32+,33+,36+,37+,38+/m1/s1. The summed E-state index contributed by atoms with van der Waals surface area (Å²) in [6.45, 7) is 5.70. The predicted molar refractivity (Wildman–Crippen MR) is 175 cm³/mol. The van der Waals surface area contributed by atoms with Crippen molar-refractivity contribution in [2.45, 2.75) is 129 Å². The van der Waals surface area contributed by atoms with Crippen LogP contribution in [-0.2, 0) is 20.8 Å². The van der Waals surface area contributed by atoms with Gasteiger partial charge in [-0.3, -0.25) is 14.4 Å². The summed E-state index contributed by atoms with van der Waals surface area (Å²) in [7, 11) is 0. The number of aliphatic carboxylic acids is 2. The Labute approximate surface area is 274 Å². The number of ketones is 1. The molecule has 4 fully saturated rings. The summed E-state index contributed by atoms with van der Waals surface area (Å²) in [6, 6.07) is 6.01. The second-order valence-electron chi connectivity index (χ2n) is 15.5. The summed E-state index contributed by atoms with van der Waals surface area (Å²) in [6.07, 6.45) is 13.4. The first-order valence-electron chi connectivity index (χ1n) is 18.0. The number of benzene rings is 1. The lowest BCUT2D eigenvalue weighted by atomic mass is 9.42. The molecule has 256 valence electrons. The molecule has 1 aromatic carbocycles. The molecule has 8 atom stereocenters. The molecule has 5 rings (SSSR count). The van der Waals surface area contributed by atoms with Gasteiger partial charge in [-0.25, -0.2) is 0 Å². The van der Waals surface area contributed by atoms with Gasteiger partial charge in [-0.05, 0) is 142 Å². The van der Waals surface area contributed by atoms with E-state index in [1.807, 2.05) is 6.07 Å². The fraction of sp³-hybridized carbons (Fsp3) is 0.763. The number of ether oxygens (including phenoxy) is 2. The number of rotatable bonds is 16. The second kappa shape index (κ2) is 15.1. The van der Waals surface area contributed by atoms with E-state index in [-0.39, 0.29) is 29.8 Å². The van der Waals surface area contributed by atoms with Gasteiger partial charge in [0, 0.05) is 31.7 Å². The van der Waals surface area contributed by atoms with Gasteiger partial charge in [0.15, 0.2) is 0 Å². The van der Waals surface area contributed by atoms with E-state index in [9.17, 15) is 19.5 Å². The van der Waals surface area contributed by atoms with E-state index in [2.05, 4.69) is 26.0 Å². The lowest BCUT2D eigenvalue weighted by Gasteiger charge is -2.62. The number of aryl methyl sites for hydroxylation is 1. The highest BCUT2D eigenvalue weighted by atomic mass is 16.5. The van der Waals surface area contributed by atoms with Crippen molar-refractivity contribution >= 4 is 17.7 Å². The van der Waals surface area contributed by atoms with Crippen molar-refractivity contribution in [1.29, 1.82) is 0 Å². The van der Waals surface area contributed by atoms with Crippen LogP contribution < -0.4 is 9.47 Å². The molecule has 3 N–H and O–H groups in total. The summed E-state index contributed by atoms with van der Waals surface area (Å²) in [5.41, 5.74) is 1.38. The van der Waals surface area contributed by atoms with Gasteiger partial charge in [0.05, 0.1) is 19.3 Å². The number of Topliss-reactive ketones (excluding diaryl/α,β-unsaturated/α-hetero) is 1. The van der Waals surface area contributed by atoms with E-state index >= 15 is 0 Å². The molecular formula is C38H56O8. The Bertz CT molecular complexity index is 1190. The number of hydrogen-bond donors (Lipinski definition) is 3. The largest absolute Gasteiger partial charge is 0.493 e. The van der Waals surface area contributed by atoms with Crippen LogP contribution in [0.1, 0.15) is 122 Å². The Balaban J connectivity index is 1.26. The Morgan fingerprint density at radius 1 is 0.826 bits per heavy atom. The molecule has 0 spiro atoms. The van der Waals surface area contributed by atoms with Crippen LogP contribution in [0, 0.1) is 40.4 Å². The fourth-order valence-electron chi connectivity index (χ4n) is 10.1. The predicted octanol–water partition coefficient (Wildman–Crippen LogP) is 7.48. The highest BCUT2D eigenvalue weighted by Crippen LogP contribution is 2.67. The quantitative estimate of drug-likeness (QED) is 0.159. The number of carbonyl (C=O) groups excluding carboxylic acids is 1. The second-order valence-corrected chi connectivity index (χ2v) is 15.5. The summed E-state index contributed by atoms with van der Waals surface area (Å²) < 4.78 is 12.1. The van der Waals surface area contributed by atoms with Gasteiger partial charge in [0.1, 0.15) is 17.3 Å². The van der Waals surface area contributed by atoms with Crippen molar-refractivity contribution in [1.82, 2.24) is 0 Å². The Morgan fingerprint density at radius 2 is 1.46 bits per heavy atom. The average Bonchev–Trinajstić information content (AvgIpc) is 3.31. The van der Waals surface area contributed by atoms with Crippen molar-refractivity contribution in [2.24, 2.45) is 40.4 Å². The Morgan fingerprint density at radius 3 is 2.09 bits per heavy atom. The molecule has 0 amide bonds. The number of aliphatic hydroxyl groups excluding tert-OH is 1. The van der Waals surface area contributed by atoms with Crippen LogP contribution in [-0.4, -0.2) is 52.4 Å². The summed E-state index contributed by atoms with van der Waals surface area (Å²) >= 11 is 0. The number of hydrogen-bond acceptors (Lipinski definition) is 6. The summed E-state index contributed by atoms with van der Waals surface area (Å²) in [5.74, 6) is 3.08. The number of carboxylic acids is 2. The monoisotopic (exact) mass is 640 g/mol. The van der Waals surface area contributed by atoms with Crippen LogP contribution >= 0.6 is 0 Å². The molecule has 1 aromatic rings. The molecule has 0 saturated heterocycles. The number of fused-ring (bicyclic) bond motifs is 5. The summed E-state index contributed by atoms with van der Waals surface area (Å²) in [5, 5.41) is 28.9. The number of unbranched alkanes of at least 4 members (excludes halogenated alkanes) is 2. The molecule has 8 heteroatoms. The zero-order valence-electron chi connectivity index (χ0n) is 28.0. The van der Waals surface area contributed by atoms with E-state index in [0.717, 1.165) is 69.8 Å².